The second kappa shape index (κ2) is 15.2. The minimum absolute atomic E-state index is 0.709. The van der Waals surface area contributed by atoms with Crippen LogP contribution in [-0.4, -0.2) is 37.4 Å². The summed E-state index contributed by atoms with van der Waals surface area (Å²) in [5.74, 6) is 3.26. The van der Waals surface area contributed by atoms with Crippen LogP contribution in [-0.2, 0) is 0 Å². The predicted molar refractivity (Wildman–Crippen MR) is 284 cm³/mol. The number of benzene rings is 8. The lowest BCUT2D eigenvalue weighted by Crippen LogP contribution is -2.24. The topological polar surface area (TPSA) is 56.3 Å². The Hall–Kier alpha value is -9.14. The smallest absolute Gasteiger partial charge is 0.158 e. The number of para-hydroxylation sites is 5. The molecule has 0 fully saturated rings. The van der Waals surface area contributed by atoms with Gasteiger partial charge in [-0.25, -0.2) is 9.97 Å². The van der Waals surface area contributed by atoms with Crippen LogP contribution in [0.25, 0.3) is 93.7 Å². The molecule has 5 aromatic heterocycles. The zero-order chi connectivity index (χ0) is 45.7. The number of aromatic nitrogens is 5. The first-order chi connectivity index (χ1) is 34.1. The molecule has 14 rings (SSSR count). The van der Waals surface area contributed by atoms with Crippen molar-refractivity contribution in [2.24, 2.45) is 0 Å². The van der Waals surface area contributed by atoms with E-state index in [1.165, 1.54) is 21.5 Å². The van der Waals surface area contributed by atoms with Gasteiger partial charge in [0.2, 0.25) is 0 Å². The maximum atomic E-state index is 6.71. The molecule has 0 aliphatic carbocycles. The molecule has 8 nitrogen and oxygen atoms in total. The SMILES string of the molecule is Cc1cc(-n2c3ccccc3c3ccc(Oc4cccc(N5CN(C)c6cccnc65)c4)cc32)ncc1-c1c(-n2c3ccccc3c3ccccc32)cccc1-n1c2ccccc2c2ccccc21. The zero-order valence-electron chi connectivity index (χ0n) is 38.0. The molecule has 0 unspecified atom stereocenters. The molecular weight excluding hydrogens is 847 g/mol. The normalized spacial score (nSPS) is 12.7. The number of hydrogen-bond donors (Lipinski definition) is 0. The van der Waals surface area contributed by atoms with Gasteiger partial charge in [0.15, 0.2) is 5.82 Å². The molecule has 0 radical (unpaired) electrons. The Morgan fingerprint density at radius 2 is 0.942 bits per heavy atom. The van der Waals surface area contributed by atoms with Crippen LogP contribution in [0.15, 0.2) is 213 Å². The molecule has 0 bridgehead atoms. The molecule has 0 N–H and O–H groups in total. The van der Waals surface area contributed by atoms with Crippen molar-refractivity contribution >= 4 is 82.6 Å². The van der Waals surface area contributed by atoms with Gasteiger partial charge < -0.3 is 23.7 Å². The first-order valence-corrected chi connectivity index (χ1v) is 23.4. The molecule has 0 saturated carbocycles. The fourth-order valence-electron chi connectivity index (χ4n) is 11.0. The number of rotatable bonds is 7. The van der Waals surface area contributed by atoms with E-state index in [1.54, 1.807) is 0 Å². The summed E-state index contributed by atoms with van der Waals surface area (Å²) >= 11 is 0. The van der Waals surface area contributed by atoms with Crippen molar-refractivity contribution in [1.82, 2.24) is 23.7 Å². The molecule has 69 heavy (non-hydrogen) atoms. The van der Waals surface area contributed by atoms with Crippen LogP contribution in [0.2, 0.25) is 0 Å². The number of anilines is 3. The van der Waals surface area contributed by atoms with Gasteiger partial charge in [0.1, 0.15) is 17.3 Å². The highest BCUT2D eigenvalue weighted by Gasteiger charge is 2.27. The third-order valence-electron chi connectivity index (χ3n) is 14.1. The lowest BCUT2D eigenvalue weighted by Gasteiger charge is -2.21. The highest BCUT2D eigenvalue weighted by atomic mass is 16.5. The van der Waals surface area contributed by atoms with Crippen LogP contribution >= 0.6 is 0 Å². The molecular formula is C61H43N7O. The van der Waals surface area contributed by atoms with E-state index in [-0.39, 0.29) is 0 Å². The summed E-state index contributed by atoms with van der Waals surface area (Å²) in [5, 5.41) is 7.16. The Morgan fingerprint density at radius 1 is 0.435 bits per heavy atom. The van der Waals surface area contributed by atoms with E-state index in [9.17, 15) is 0 Å². The number of aryl methyl sites for hydroxylation is 1. The summed E-state index contributed by atoms with van der Waals surface area (Å²) in [7, 11) is 2.09. The maximum absolute atomic E-state index is 6.71. The number of pyridine rings is 2. The van der Waals surface area contributed by atoms with Crippen molar-refractivity contribution < 1.29 is 4.74 Å². The van der Waals surface area contributed by atoms with Crippen molar-refractivity contribution in [2.75, 3.05) is 23.5 Å². The second-order valence-electron chi connectivity index (χ2n) is 18.0. The van der Waals surface area contributed by atoms with Gasteiger partial charge in [-0.2, -0.15) is 0 Å². The van der Waals surface area contributed by atoms with Crippen molar-refractivity contribution in [3.63, 3.8) is 0 Å². The van der Waals surface area contributed by atoms with E-state index in [2.05, 4.69) is 226 Å². The van der Waals surface area contributed by atoms with Crippen molar-refractivity contribution in [3.8, 4) is 39.8 Å². The van der Waals surface area contributed by atoms with E-state index >= 15 is 0 Å². The standard InChI is InChI=1S/C61H43N7O/c1-39-34-59(68-54-27-12-7-22-47(54)48-32-31-42(36-58(48)68)69-41-17-13-16-40(35-41)65-38-64(2)57-30-15-33-62-61(57)65)63-37-49(39)60-55(66-50-23-8-3-18-43(50)44-19-4-9-24-51(44)66)28-14-29-56(60)67-52-25-10-5-20-45(52)46-21-6-11-26-53(46)67/h3-37H,38H2,1-2H3. The van der Waals surface area contributed by atoms with Gasteiger partial charge in [-0.15, -0.1) is 0 Å². The minimum Gasteiger partial charge on any atom is -0.457 e. The first kappa shape index (κ1) is 39.1. The molecule has 0 amide bonds. The Labute approximate surface area is 397 Å². The average molecular weight is 890 g/mol. The Balaban J connectivity index is 0.943. The van der Waals surface area contributed by atoms with Gasteiger partial charge in [-0.3, -0.25) is 4.57 Å². The van der Waals surface area contributed by atoms with Gasteiger partial charge in [0, 0.05) is 80.7 Å². The number of hydrogen-bond acceptors (Lipinski definition) is 5. The fourth-order valence-corrected chi connectivity index (χ4v) is 11.0. The molecule has 0 saturated heterocycles. The highest BCUT2D eigenvalue weighted by Crippen LogP contribution is 2.44. The summed E-state index contributed by atoms with van der Waals surface area (Å²) in [6, 6.07) is 71.2. The second-order valence-corrected chi connectivity index (χ2v) is 18.0. The van der Waals surface area contributed by atoms with Crippen LogP contribution < -0.4 is 14.5 Å². The molecule has 13 aromatic rings. The van der Waals surface area contributed by atoms with Crippen molar-refractivity contribution in [2.45, 2.75) is 6.92 Å². The lowest BCUT2D eigenvalue weighted by atomic mass is 9.98. The largest absolute Gasteiger partial charge is 0.457 e. The van der Waals surface area contributed by atoms with Crippen LogP contribution in [0.1, 0.15) is 5.56 Å². The van der Waals surface area contributed by atoms with Crippen LogP contribution in [0.3, 0.4) is 0 Å². The van der Waals surface area contributed by atoms with Gasteiger partial charge in [-0.1, -0.05) is 103 Å². The fraction of sp³-hybridized carbons (Fsp3) is 0.0492. The van der Waals surface area contributed by atoms with Crippen LogP contribution in [0, 0.1) is 6.92 Å². The van der Waals surface area contributed by atoms with Crippen LogP contribution in [0.4, 0.5) is 17.2 Å². The van der Waals surface area contributed by atoms with Gasteiger partial charge >= 0.3 is 0 Å². The molecule has 6 heterocycles. The van der Waals surface area contributed by atoms with E-state index in [4.69, 9.17) is 14.7 Å². The maximum Gasteiger partial charge on any atom is 0.158 e. The molecule has 1 aliphatic rings. The Morgan fingerprint density at radius 3 is 1.52 bits per heavy atom. The van der Waals surface area contributed by atoms with Gasteiger partial charge in [-0.05, 0) is 97.4 Å². The molecule has 328 valence electrons. The predicted octanol–water partition coefficient (Wildman–Crippen LogP) is 15.1. The summed E-state index contributed by atoms with van der Waals surface area (Å²) in [4.78, 5) is 14.6. The number of ether oxygens (including phenoxy) is 1. The zero-order valence-corrected chi connectivity index (χ0v) is 38.0. The summed E-state index contributed by atoms with van der Waals surface area (Å²) in [6.07, 6.45) is 3.93. The van der Waals surface area contributed by atoms with E-state index < -0.39 is 0 Å². The minimum atomic E-state index is 0.709. The number of fused-ring (bicyclic) bond motifs is 10. The lowest BCUT2D eigenvalue weighted by molar-refractivity contribution is 0.483. The average Bonchev–Trinajstić information content (AvgIpc) is 4.12. The Kier molecular flexibility index (Phi) is 8.61. The van der Waals surface area contributed by atoms with E-state index in [1.807, 2.05) is 24.4 Å². The van der Waals surface area contributed by atoms with Gasteiger partial charge in [0.25, 0.3) is 0 Å². The van der Waals surface area contributed by atoms with E-state index in [0.717, 1.165) is 106 Å². The van der Waals surface area contributed by atoms with E-state index in [0.29, 0.717) is 6.67 Å². The van der Waals surface area contributed by atoms with Crippen molar-refractivity contribution in [3.05, 3.63) is 218 Å². The molecule has 0 atom stereocenters. The molecule has 1 aliphatic heterocycles. The third kappa shape index (κ3) is 5.95. The van der Waals surface area contributed by atoms with Gasteiger partial charge in [0.05, 0.1) is 56.8 Å². The number of nitrogens with zero attached hydrogens (tertiary/aromatic N) is 7. The Bertz CT molecular complexity index is 3980. The molecule has 0 spiro atoms. The van der Waals surface area contributed by atoms with Crippen LogP contribution in [0.5, 0.6) is 11.5 Å². The molecule has 8 aromatic carbocycles. The summed E-state index contributed by atoms with van der Waals surface area (Å²) in [5.41, 5.74) is 14.3. The summed E-state index contributed by atoms with van der Waals surface area (Å²) < 4.78 is 13.9. The highest BCUT2D eigenvalue weighted by molar-refractivity contribution is 6.12. The quantitative estimate of drug-likeness (QED) is 0.160. The third-order valence-corrected chi connectivity index (χ3v) is 14.1. The molecule has 8 heteroatoms. The first-order valence-electron chi connectivity index (χ1n) is 23.4. The monoisotopic (exact) mass is 889 g/mol. The summed E-state index contributed by atoms with van der Waals surface area (Å²) in [6.45, 7) is 2.93. The van der Waals surface area contributed by atoms with Crippen molar-refractivity contribution in [1.29, 1.82) is 0 Å².